The van der Waals surface area contributed by atoms with Crippen molar-refractivity contribution in [1.29, 1.82) is 0 Å². The minimum Gasteiger partial charge on any atom is -0.481 e. The molecule has 24 heavy (non-hydrogen) atoms. The van der Waals surface area contributed by atoms with Gasteiger partial charge in [0.1, 0.15) is 0 Å². The van der Waals surface area contributed by atoms with Crippen molar-refractivity contribution in [2.45, 2.75) is 18.9 Å². The second-order valence-corrected chi connectivity index (χ2v) is 5.29. The van der Waals surface area contributed by atoms with Crippen LogP contribution in [-0.2, 0) is 23.1 Å². The Morgan fingerprint density at radius 2 is 1.92 bits per heavy atom. The van der Waals surface area contributed by atoms with Crippen molar-refractivity contribution in [2.75, 3.05) is 0 Å². The molecule has 2 aromatic rings. The van der Waals surface area contributed by atoms with Crippen LogP contribution in [0.2, 0.25) is 0 Å². The number of carbonyl (C=O) groups is 2. The summed E-state index contributed by atoms with van der Waals surface area (Å²) in [5, 5.41) is 11.6. The van der Waals surface area contributed by atoms with E-state index in [1.807, 2.05) is 0 Å². The molecule has 1 atom stereocenters. The molecule has 3 N–H and O–H groups in total. The van der Waals surface area contributed by atoms with Crippen molar-refractivity contribution in [3.63, 3.8) is 0 Å². The summed E-state index contributed by atoms with van der Waals surface area (Å²) in [6.07, 6.45) is 0.657. The Balaban J connectivity index is 2.17. The molecule has 0 aliphatic heterocycles. The number of hydrogen-bond donors (Lipinski definition) is 3. The maximum Gasteiger partial charge on any atom is 0.328 e. The van der Waals surface area contributed by atoms with Crippen LogP contribution in [0.1, 0.15) is 23.6 Å². The van der Waals surface area contributed by atoms with E-state index >= 15 is 0 Å². The van der Waals surface area contributed by atoms with Gasteiger partial charge in [0.15, 0.2) is 0 Å². The van der Waals surface area contributed by atoms with Gasteiger partial charge in [-0.05, 0) is 5.56 Å². The molecule has 0 unspecified atom stereocenters. The fourth-order valence-corrected chi connectivity index (χ4v) is 2.27. The highest BCUT2D eigenvalue weighted by atomic mass is 16.4. The number of amides is 1. The first-order valence-corrected chi connectivity index (χ1v) is 7.22. The topological polar surface area (TPSA) is 121 Å². The van der Waals surface area contributed by atoms with Crippen LogP contribution in [0.15, 0.2) is 46.1 Å². The number of hydrogen-bond acceptors (Lipinski definition) is 4. The molecule has 8 nitrogen and oxygen atoms in total. The third-order valence-electron chi connectivity index (χ3n) is 3.52. The molecular formula is C16H17N3O5. The Hall–Kier alpha value is -3.16. The van der Waals surface area contributed by atoms with Crippen LogP contribution in [0.3, 0.4) is 0 Å². The molecule has 0 fully saturated rings. The summed E-state index contributed by atoms with van der Waals surface area (Å²) >= 11 is 0. The van der Waals surface area contributed by atoms with Crippen molar-refractivity contribution in [2.24, 2.45) is 7.05 Å². The third-order valence-corrected chi connectivity index (χ3v) is 3.52. The number of rotatable bonds is 6. The number of carboxylic acid groups (broad SMARTS) is 1. The second-order valence-electron chi connectivity index (χ2n) is 5.29. The average Bonchev–Trinajstić information content (AvgIpc) is 2.55. The van der Waals surface area contributed by atoms with Gasteiger partial charge in [-0.1, -0.05) is 30.3 Å². The molecule has 0 saturated carbocycles. The summed E-state index contributed by atoms with van der Waals surface area (Å²) < 4.78 is 0.870. The normalized spacial score (nSPS) is 11.7. The van der Waals surface area contributed by atoms with Gasteiger partial charge in [-0.3, -0.25) is 19.0 Å². The Labute approximate surface area is 136 Å². The quantitative estimate of drug-likeness (QED) is 0.685. The smallest absolute Gasteiger partial charge is 0.328 e. The first-order valence-electron chi connectivity index (χ1n) is 7.22. The molecule has 0 bridgehead atoms. The van der Waals surface area contributed by atoms with Crippen LogP contribution < -0.4 is 16.6 Å². The minimum atomic E-state index is -1.05. The lowest BCUT2D eigenvalue weighted by molar-refractivity contribution is -0.137. The summed E-state index contributed by atoms with van der Waals surface area (Å²) in [6, 6.07) is 8.00. The van der Waals surface area contributed by atoms with Crippen LogP contribution in [0.5, 0.6) is 0 Å². The monoisotopic (exact) mass is 331 g/mol. The standard InChI is InChI=1S/C16H17N3O5/c1-19-15(23)11(9-17-16(19)24)7-13(20)18-12(8-14(21)22)10-5-3-2-4-6-10/h2-6,9,12H,7-8H2,1H3,(H,17,24)(H,18,20)(H,21,22)/t12-/m0/s1. The zero-order chi connectivity index (χ0) is 17.7. The van der Waals surface area contributed by atoms with Crippen molar-refractivity contribution in [3.05, 3.63) is 68.5 Å². The zero-order valence-corrected chi connectivity index (χ0v) is 13.0. The molecule has 126 valence electrons. The molecule has 8 heteroatoms. The number of benzene rings is 1. The van der Waals surface area contributed by atoms with E-state index in [0.717, 1.165) is 4.57 Å². The van der Waals surface area contributed by atoms with E-state index in [2.05, 4.69) is 10.3 Å². The molecule has 1 aromatic heterocycles. The first kappa shape index (κ1) is 17.2. The number of carboxylic acids is 1. The van der Waals surface area contributed by atoms with Crippen LogP contribution in [0.25, 0.3) is 0 Å². The highest BCUT2D eigenvalue weighted by Crippen LogP contribution is 2.16. The molecule has 1 aromatic carbocycles. The predicted molar refractivity (Wildman–Crippen MR) is 85.6 cm³/mol. The Bertz CT molecular complexity index is 854. The molecule has 0 aliphatic carbocycles. The summed E-state index contributed by atoms with van der Waals surface area (Å²) in [4.78, 5) is 48.8. The lowest BCUT2D eigenvalue weighted by Crippen LogP contribution is -2.37. The summed E-state index contributed by atoms with van der Waals surface area (Å²) in [5.74, 6) is -1.56. The van der Waals surface area contributed by atoms with Gasteiger partial charge in [0.25, 0.3) is 5.56 Å². The van der Waals surface area contributed by atoms with Gasteiger partial charge in [0.05, 0.1) is 18.9 Å². The highest BCUT2D eigenvalue weighted by Gasteiger charge is 2.19. The fraction of sp³-hybridized carbons (Fsp3) is 0.250. The van der Waals surface area contributed by atoms with E-state index in [-0.39, 0.29) is 18.4 Å². The van der Waals surface area contributed by atoms with Crippen molar-refractivity contribution in [3.8, 4) is 0 Å². The lowest BCUT2D eigenvalue weighted by atomic mass is 10.0. The van der Waals surface area contributed by atoms with E-state index in [4.69, 9.17) is 5.11 Å². The highest BCUT2D eigenvalue weighted by molar-refractivity contribution is 5.79. The summed E-state index contributed by atoms with van der Waals surface area (Å²) in [6.45, 7) is 0. The minimum absolute atomic E-state index is 0.122. The number of carbonyl (C=O) groups excluding carboxylic acids is 1. The first-order chi connectivity index (χ1) is 11.4. The van der Waals surface area contributed by atoms with Gasteiger partial charge in [-0.25, -0.2) is 4.79 Å². The average molecular weight is 331 g/mol. The molecular weight excluding hydrogens is 314 g/mol. The molecule has 1 amide bonds. The van der Waals surface area contributed by atoms with Crippen molar-refractivity contribution in [1.82, 2.24) is 14.9 Å². The summed E-state index contributed by atoms with van der Waals surface area (Å²) in [5.41, 5.74) is -0.361. The van der Waals surface area contributed by atoms with Crippen LogP contribution in [-0.4, -0.2) is 26.5 Å². The zero-order valence-electron chi connectivity index (χ0n) is 13.0. The van der Waals surface area contributed by atoms with E-state index in [1.165, 1.54) is 13.2 Å². The van der Waals surface area contributed by atoms with Crippen LogP contribution in [0.4, 0.5) is 0 Å². The van der Waals surface area contributed by atoms with Crippen molar-refractivity contribution >= 4 is 11.9 Å². The number of aliphatic carboxylic acids is 1. The number of nitrogens with zero attached hydrogens (tertiary/aromatic N) is 1. The van der Waals surface area contributed by atoms with Gasteiger partial charge in [0.2, 0.25) is 5.91 Å². The second kappa shape index (κ2) is 7.40. The van der Waals surface area contributed by atoms with Gasteiger partial charge in [-0.15, -0.1) is 0 Å². The van der Waals surface area contributed by atoms with Gasteiger partial charge in [0, 0.05) is 18.8 Å². The molecule has 0 saturated heterocycles. The molecule has 0 aliphatic rings. The van der Waals surface area contributed by atoms with Crippen molar-refractivity contribution < 1.29 is 14.7 Å². The lowest BCUT2D eigenvalue weighted by Gasteiger charge is -2.17. The summed E-state index contributed by atoms with van der Waals surface area (Å²) in [7, 11) is 1.31. The van der Waals surface area contributed by atoms with E-state index in [1.54, 1.807) is 30.3 Å². The number of aromatic amines is 1. The maximum absolute atomic E-state index is 12.2. The number of H-pyrrole nitrogens is 1. The SMILES string of the molecule is Cn1c(=O)[nH]cc(CC(=O)N[C@@H](CC(=O)O)c2ccccc2)c1=O. The Morgan fingerprint density at radius 3 is 2.54 bits per heavy atom. The van der Waals surface area contributed by atoms with Gasteiger partial charge >= 0.3 is 11.7 Å². The predicted octanol–water partition coefficient (Wildman–Crippen LogP) is -0.0517. The number of nitrogens with one attached hydrogen (secondary N) is 2. The van der Waals surface area contributed by atoms with E-state index in [9.17, 15) is 19.2 Å². The van der Waals surface area contributed by atoms with E-state index in [0.29, 0.717) is 5.56 Å². The van der Waals surface area contributed by atoms with Crippen LogP contribution >= 0.6 is 0 Å². The van der Waals surface area contributed by atoms with Crippen LogP contribution in [0, 0.1) is 0 Å². The third kappa shape index (κ3) is 4.19. The van der Waals surface area contributed by atoms with E-state index < -0.39 is 29.2 Å². The largest absolute Gasteiger partial charge is 0.481 e. The van der Waals surface area contributed by atoms with Gasteiger partial charge < -0.3 is 15.4 Å². The molecule has 2 rings (SSSR count). The maximum atomic E-state index is 12.2. The Kier molecular flexibility index (Phi) is 5.31. The fourth-order valence-electron chi connectivity index (χ4n) is 2.27. The molecule has 0 spiro atoms. The Morgan fingerprint density at radius 1 is 1.25 bits per heavy atom. The molecule has 1 heterocycles. The molecule has 0 radical (unpaired) electrons. The number of aromatic nitrogens is 2. The van der Waals surface area contributed by atoms with Gasteiger partial charge in [-0.2, -0.15) is 0 Å².